The van der Waals surface area contributed by atoms with E-state index in [1.165, 1.54) is 33.1 Å². The Morgan fingerprint density at radius 1 is 1.46 bits per heavy atom. The van der Waals surface area contributed by atoms with Gasteiger partial charge < -0.3 is 21.0 Å². The number of aliphatic carboxylic acids is 1. The summed E-state index contributed by atoms with van der Waals surface area (Å²) in [6.45, 7) is 1.86. The van der Waals surface area contributed by atoms with Gasteiger partial charge in [-0.1, -0.05) is 39.9 Å². The number of hydrogen-bond donors (Lipinski definition) is 3. The van der Waals surface area contributed by atoms with Crippen LogP contribution in [-0.2, 0) is 26.3 Å². The first-order chi connectivity index (χ1) is 16.7. The smallest absolute Gasteiger partial charge is 0.352 e. The number of thioether (sulfide) groups is 2. The number of carbonyl (C=O) groups is 3. The van der Waals surface area contributed by atoms with Crippen LogP contribution in [0, 0.1) is 0 Å². The number of anilines is 1. The van der Waals surface area contributed by atoms with Crippen LogP contribution in [0.15, 0.2) is 21.6 Å². The third kappa shape index (κ3) is 4.93. The number of β-lactam (4-membered cyclic amide) rings is 1. The highest BCUT2D eigenvalue weighted by atomic mass is 35.5. The molecular formula is C17H18ClN9O5S3. The summed E-state index contributed by atoms with van der Waals surface area (Å²) in [7, 11) is 1.67. The van der Waals surface area contributed by atoms with Crippen molar-refractivity contribution in [2.45, 2.75) is 23.5 Å². The number of fused-ring (bicyclic) bond motifs is 1. The fraction of sp³-hybridized carbons (Fsp3) is 0.412. The van der Waals surface area contributed by atoms with E-state index in [1.54, 1.807) is 14.0 Å². The lowest BCUT2D eigenvalue weighted by Crippen LogP contribution is -2.71. The maximum absolute atomic E-state index is 13.0. The summed E-state index contributed by atoms with van der Waals surface area (Å²) in [5, 5.41) is 27.4. The largest absolute Gasteiger partial charge is 0.477 e. The first-order valence-electron chi connectivity index (χ1n) is 9.91. The van der Waals surface area contributed by atoms with E-state index in [1.807, 2.05) is 0 Å². The minimum atomic E-state index is -1.23. The molecule has 0 aromatic carbocycles. The molecule has 1 fully saturated rings. The number of nitrogen functional groups attached to an aromatic ring is 1. The SMILES string of the molecule is CCO/N=C(\C(=O)NC1C(=O)N2C(C(=O)O)=C(CSc3nnnn3C)CS[C@H]12)c1nc(N)sc1Cl. The lowest BCUT2D eigenvalue weighted by Gasteiger charge is -2.49. The van der Waals surface area contributed by atoms with Gasteiger partial charge in [-0.05, 0) is 22.9 Å². The van der Waals surface area contributed by atoms with Gasteiger partial charge in [0.05, 0.1) is 0 Å². The molecule has 186 valence electrons. The molecule has 1 saturated heterocycles. The van der Waals surface area contributed by atoms with Crippen molar-refractivity contribution in [1.29, 1.82) is 0 Å². The fourth-order valence-electron chi connectivity index (χ4n) is 3.28. The molecule has 2 aliphatic heterocycles. The molecule has 4 heterocycles. The molecule has 2 amide bonds. The molecule has 1 unspecified atom stereocenters. The summed E-state index contributed by atoms with van der Waals surface area (Å²) in [6.07, 6.45) is 0. The minimum Gasteiger partial charge on any atom is -0.477 e. The molecule has 0 spiro atoms. The fourth-order valence-corrected chi connectivity index (χ4v) is 6.55. The molecule has 4 N–H and O–H groups in total. The third-order valence-electron chi connectivity index (χ3n) is 4.82. The van der Waals surface area contributed by atoms with Gasteiger partial charge in [-0.25, -0.2) is 14.5 Å². The summed E-state index contributed by atoms with van der Waals surface area (Å²) < 4.78 is 1.61. The van der Waals surface area contributed by atoms with Crippen LogP contribution in [0.25, 0.3) is 0 Å². The Hall–Kier alpha value is -2.89. The molecule has 0 aliphatic carbocycles. The number of rotatable bonds is 9. The molecule has 2 aromatic rings. The van der Waals surface area contributed by atoms with Crippen LogP contribution in [0.5, 0.6) is 0 Å². The Morgan fingerprint density at radius 3 is 2.83 bits per heavy atom. The van der Waals surface area contributed by atoms with Crippen molar-refractivity contribution in [2.24, 2.45) is 12.2 Å². The van der Waals surface area contributed by atoms with E-state index in [0.29, 0.717) is 16.5 Å². The Morgan fingerprint density at radius 2 is 2.23 bits per heavy atom. The molecule has 0 bridgehead atoms. The van der Waals surface area contributed by atoms with Gasteiger partial charge >= 0.3 is 5.97 Å². The average Bonchev–Trinajstić information content (AvgIpc) is 3.38. The Labute approximate surface area is 215 Å². The van der Waals surface area contributed by atoms with E-state index < -0.39 is 29.2 Å². The summed E-state index contributed by atoms with van der Waals surface area (Å²) in [4.78, 5) is 48.2. The van der Waals surface area contributed by atoms with Crippen molar-refractivity contribution < 1.29 is 24.3 Å². The summed E-state index contributed by atoms with van der Waals surface area (Å²) >= 11 is 9.69. The Bertz CT molecular complexity index is 1250. The van der Waals surface area contributed by atoms with Gasteiger partial charge in [-0.15, -0.1) is 16.9 Å². The molecule has 4 rings (SSSR count). The second-order valence-electron chi connectivity index (χ2n) is 7.02. The molecule has 2 aliphatic rings. The molecule has 2 atom stereocenters. The van der Waals surface area contributed by atoms with E-state index >= 15 is 0 Å². The normalized spacial score (nSPS) is 19.9. The zero-order valence-corrected chi connectivity index (χ0v) is 21.4. The number of oxime groups is 1. The van der Waals surface area contributed by atoms with Crippen molar-refractivity contribution in [2.75, 3.05) is 23.8 Å². The number of amides is 2. The highest BCUT2D eigenvalue weighted by Crippen LogP contribution is 2.41. The first-order valence-corrected chi connectivity index (χ1v) is 13.1. The monoisotopic (exact) mass is 559 g/mol. The number of nitrogens with zero attached hydrogens (tertiary/aromatic N) is 7. The molecule has 18 heteroatoms. The number of carboxylic acids is 1. The standard InChI is InChI=1S/C17H18ClN9O5S3/c1-3-32-23-8(7-11(18)35-16(19)21-7)12(28)20-9-13(29)27-10(15(30)31)6(4-33-14(9)27)5-34-17-22-24-25-26(17)2/h9,14H,3-5H2,1-2H3,(H2,19,21)(H,20,28)(H,30,31)/b23-8-/t9?,14-/m1/s1. The number of aromatic nitrogens is 5. The third-order valence-corrected chi connectivity index (χ3v) is 8.34. The van der Waals surface area contributed by atoms with Gasteiger partial charge in [0.25, 0.3) is 11.8 Å². The van der Waals surface area contributed by atoms with Gasteiger partial charge in [0.1, 0.15) is 33.7 Å². The predicted molar refractivity (Wildman–Crippen MR) is 129 cm³/mol. The number of tetrazole rings is 1. The van der Waals surface area contributed by atoms with Crippen LogP contribution in [0.3, 0.4) is 0 Å². The summed E-state index contributed by atoms with van der Waals surface area (Å²) in [5.74, 6) is -1.92. The molecule has 0 radical (unpaired) electrons. The van der Waals surface area contributed by atoms with Gasteiger partial charge in [-0.3, -0.25) is 14.5 Å². The van der Waals surface area contributed by atoms with Crippen molar-refractivity contribution in [1.82, 2.24) is 35.4 Å². The Balaban J connectivity index is 1.51. The lowest BCUT2D eigenvalue weighted by atomic mass is 10.0. The second-order valence-corrected chi connectivity index (χ2v) is 10.7. The topological polar surface area (TPSA) is 191 Å². The molecule has 2 aromatic heterocycles. The number of thiazole rings is 1. The maximum atomic E-state index is 13.0. The minimum absolute atomic E-state index is 0.0312. The van der Waals surface area contributed by atoms with E-state index in [-0.39, 0.29) is 38.9 Å². The van der Waals surface area contributed by atoms with E-state index in [0.717, 1.165) is 11.3 Å². The predicted octanol–water partition coefficient (Wildman–Crippen LogP) is 0.174. The van der Waals surface area contributed by atoms with Gasteiger partial charge in [0.2, 0.25) is 5.16 Å². The number of carboxylic acid groups (broad SMARTS) is 1. The zero-order valence-electron chi connectivity index (χ0n) is 18.2. The van der Waals surface area contributed by atoms with Crippen molar-refractivity contribution >= 4 is 75.1 Å². The second kappa shape index (κ2) is 10.4. The highest BCUT2D eigenvalue weighted by molar-refractivity contribution is 8.01. The molecule has 35 heavy (non-hydrogen) atoms. The average molecular weight is 560 g/mol. The summed E-state index contributed by atoms with van der Waals surface area (Å²) in [6, 6.07) is -0.972. The van der Waals surface area contributed by atoms with Crippen LogP contribution >= 0.6 is 46.5 Å². The molecule has 14 nitrogen and oxygen atoms in total. The molecule has 0 saturated carbocycles. The van der Waals surface area contributed by atoms with E-state index in [2.05, 4.69) is 31.0 Å². The highest BCUT2D eigenvalue weighted by Gasteiger charge is 2.54. The number of nitrogens with two attached hydrogens (primary N) is 1. The molecular weight excluding hydrogens is 542 g/mol. The van der Waals surface area contributed by atoms with Crippen LogP contribution in [0.4, 0.5) is 5.13 Å². The zero-order chi connectivity index (χ0) is 25.3. The number of aryl methyl sites for hydroxylation is 1. The Kier molecular flexibility index (Phi) is 7.48. The number of nitrogens with one attached hydrogen (secondary N) is 1. The quantitative estimate of drug-likeness (QED) is 0.163. The first kappa shape index (κ1) is 25.2. The lowest BCUT2D eigenvalue weighted by molar-refractivity contribution is -0.150. The van der Waals surface area contributed by atoms with Gasteiger partial charge in [0, 0.05) is 18.6 Å². The van der Waals surface area contributed by atoms with Crippen molar-refractivity contribution in [3.63, 3.8) is 0 Å². The van der Waals surface area contributed by atoms with Crippen LogP contribution in [0.2, 0.25) is 4.34 Å². The van der Waals surface area contributed by atoms with E-state index in [9.17, 15) is 19.5 Å². The van der Waals surface area contributed by atoms with Crippen molar-refractivity contribution in [3.05, 3.63) is 21.3 Å². The number of hydrogen-bond acceptors (Lipinski definition) is 13. The number of carbonyl (C=O) groups excluding carboxylic acids is 2. The van der Waals surface area contributed by atoms with E-state index in [4.69, 9.17) is 22.2 Å². The van der Waals surface area contributed by atoms with Crippen LogP contribution in [-0.4, -0.2) is 88.2 Å². The van der Waals surface area contributed by atoms with Gasteiger partial charge in [-0.2, -0.15) is 0 Å². The van der Waals surface area contributed by atoms with Crippen LogP contribution in [0.1, 0.15) is 12.6 Å². The van der Waals surface area contributed by atoms with Crippen molar-refractivity contribution in [3.8, 4) is 0 Å². The van der Waals surface area contributed by atoms with Gasteiger partial charge in [0.15, 0.2) is 10.8 Å². The maximum Gasteiger partial charge on any atom is 0.352 e. The van der Waals surface area contributed by atoms with Crippen LogP contribution < -0.4 is 11.1 Å². The number of halogens is 1. The summed E-state index contributed by atoms with van der Waals surface area (Å²) in [5.41, 5.74) is 5.91.